The molecule has 34 heavy (non-hydrogen) atoms. The SMILES string of the molecule is O=C(Nc1nc(-c2ccccc2)c(CN2CCOCC2)s1)C(c1ccccc1)c1ccccc1. The Balaban J connectivity index is 1.45. The number of ether oxygens (including phenoxy) is 1. The predicted octanol–water partition coefficient (Wildman–Crippen LogP) is 5.41. The second-order valence-corrected chi connectivity index (χ2v) is 9.37. The Kier molecular flexibility index (Phi) is 7.10. The third-order valence-electron chi connectivity index (χ3n) is 5.97. The normalized spacial score (nSPS) is 14.3. The molecule has 0 spiro atoms. The van der Waals surface area contributed by atoms with E-state index in [-0.39, 0.29) is 5.91 Å². The molecule has 4 aromatic rings. The van der Waals surface area contributed by atoms with Crippen molar-refractivity contribution in [1.82, 2.24) is 9.88 Å². The Morgan fingerprint density at radius 1 is 0.882 bits per heavy atom. The van der Waals surface area contributed by atoms with Crippen LogP contribution in [-0.2, 0) is 16.1 Å². The molecule has 0 saturated carbocycles. The van der Waals surface area contributed by atoms with Gasteiger partial charge in [-0.3, -0.25) is 9.69 Å². The van der Waals surface area contributed by atoms with E-state index in [1.165, 1.54) is 0 Å². The van der Waals surface area contributed by atoms with Crippen molar-refractivity contribution < 1.29 is 9.53 Å². The van der Waals surface area contributed by atoms with Crippen LogP contribution in [0.25, 0.3) is 11.3 Å². The number of thiazole rings is 1. The number of rotatable bonds is 7. The van der Waals surface area contributed by atoms with Crippen LogP contribution < -0.4 is 5.32 Å². The van der Waals surface area contributed by atoms with Crippen molar-refractivity contribution in [2.75, 3.05) is 31.6 Å². The number of amides is 1. The molecule has 0 aliphatic carbocycles. The van der Waals surface area contributed by atoms with E-state index in [1.807, 2.05) is 78.9 Å². The van der Waals surface area contributed by atoms with Crippen LogP contribution in [0.5, 0.6) is 0 Å². The van der Waals surface area contributed by atoms with Crippen molar-refractivity contribution >= 4 is 22.4 Å². The van der Waals surface area contributed by atoms with E-state index in [0.29, 0.717) is 5.13 Å². The maximum Gasteiger partial charge on any atom is 0.238 e. The third kappa shape index (κ3) is 5.25. The molecule has 0 bridgehead atoms. The van der Waals surface area contributed by atoms with Crippen molar-refractivity contribution in [3.05, 3.63) is 107 Å². The van der Waals surface area contributed by atoms with Crippen LogP contribution in [0.3, 0.4) is 0 Å². The Morgan fingerprint density at radius 3 is 2.03 bits per heavy atom. The van der Waals surface area contributed by atoms with Gasteiger partial charge in [0.2, 0.25) is 5.91 Å². The molecule has 1 aliphatic heterocycles. The van der Waals surface area contributed by atoms with Gasteiger partial charge in [0.25, 0.3) is 0 Å². The minimum atomic E-state index is -0.408. The first kappa shape index (κ1) is 22.5. The van der Waals surface area contributed by atoms with Crippen molar-refractivity contribution in [3.8, 4) is 11.3 Å². The summed E-state index contributed by atoms with van der Waals surface area (Å²) in [5, 5.41) is 3.76. The van der Waals surface area contributed by atoms with E-state index >= 15 is 0 Å². The molecule has 3 aromatic carbocycles. The lowest BCUT2D eigenvalue weighted by atomic mass is 9.90. The number of nitrogens with zero attached hydrogens (tertiary/aromatic N) is 2. The fourth-order valence-electron chi connectivity index (χ4n) is 4.26. The van der Waals surface area contributed by atoms with Gasteiger partial charge in [-0.15, -0.1) is 0 Å². The van der Waals surface area contributed by atoms with Gasteiger partial charge in [0.1, 0.15) is 0 Å². The summed E-state index contributed by atoms with van der Waals surface area (Å²) in [6.45, 7) is 4.09. The van der Waals surface area contributed by atoms with Crippen molar-refractivity contribution in [3.63, 3.8) is 0 Å². The summed E-state index contributed by atoms with van der Waals surface area (Å²) >= 11 is 1.56. The van der Waals surface area contributed by atoms with Gasteiger partial charge in [-0.05, 0) is 11.1 Å². The van der Waals surface area contributed by atoms with Gasteiger partial charge in [0, 0.05) is 30.1 Å². The van der Waals surface area contributed by atoms with E-state index in [1.54, 1.807) is 11.3 Å². The largest absolute Gasteiger partial charge is 0.379 e. The molecule has 5 nitrogen and oxygen atoms in total. The molecule has 6 heteroatoms. The van der Waals surface area contributed by atoms with Gasteiger partial charge in [-0.25, -0.2) is 4.98 Å². The van der Waals surface area contributed by atoms with Gasteiger partial charge < -0.3 is 10.1 Å². The standard InChI is InChI=1S/C28H27N3O2S/c32-27(25(21-10-4-1-5-11-21)22-12-6-2-7-13-22)30-28-29-26(23-14-8-3-9-15-23)24(34-28)20-31-16-18-33-19-17-31/h1-15,25H,16-20H2,(H,29,30,32). The number of hydrogen-bond acceptors (Lipinski definition) is 5. The van der Waals surface area contributed by atoms with Crippen LogP contribution in [0.15, 0.2) is 91.0 Å². The predicted molar refractivity (Wildman–Crippen MR) is 137 cm³/mol. The van der Waals surface area contributed by atoms with E-state index in [0.717, 1.165) is 60.1 Å². The molecule has 2 heterocycles. The van der Waals surface area contributed by atoms with E-state index in [4.69, 9.17) is 9.72 Å². The highest BCUT2D eigenvalue weighted by Gasteiger charge is 2.25. The number of carbonyl (C=O) groups is 1. The molecule has 1 N–H and O–H groups in total. The third-order valence-corrected chi connectivity index (χ3v) is 6.93. The van der Waals surface area contributed by atoms with Crippen molar-refractivity contribution in [2.24, 2.45) is 0 Å². The summed E-state index contributed by atoms with van der Waals surface area (Å²) in [4.78, 5) is 22.0. The number of carbonyl (C=O) groups excluding carboxylic acids is 1. The zero-order chi connectivity index (χ0) is 23.2. The minimum absolute atomic E-state index is 0.0799. The number of benzene rings is 3. The molecule has 1 saturated heterocycles. The van der Waals surface area contributed by atoms with E-state index in [2.05, 4.69) is 22.3 Å². The van der Waals surface area contributed by atoms with Gasteiger partial charge in [0.05, 0.1) is 24.8 Å². The van der Waals surface area contributed by atoms with Crippen molar-refractivity contribution in [1.29, 1.82) is 0 Å². The lowest BCUT2D eigenvalue weighted by Gasteiger charge is -2.26. The number of aromatic nitrogens is 1. The van der Waals surface area contributed by atoms with Gasteiger partial charge in [-0.1, -0.05) is 102 Å². The molecule has 0 atom stereocenters. The summed E-state index contributed by atoms with van der Waals surface area (Å²) < 4.78 is 5.51. The maximum atomic E-state index is 13.6. The average Bonchev–Trinajstić information content (AvgIpc) is 3.28. The maximum absolute atomic E-state index is 13.6. The molecule has 1 aromatic heterocycles. The van der Waals surface area contributed by atoms with Crippen LogP contribution in [0.4, 0.5) is 5.13 Å². The highest BCUT2D eigenvalue weighted by Crippen LogP contribution is 2.34. The number of anilines is 1. The minimum Gasteiger partial charge on any atom is -0.379 e. The van der Waals surface area contributed by atoms with Crippen LogP contribution in [0, 0.1) is 0 Å². The molecule has 172 valence electrons. The molecule has 1 fully saturated rings. The monoisotopic (exact) mass is 469 g/mol. The molecule has 5 rings (SSSR count). The highest BCUT2D eigenvalue weighted by molar-refractivity contribution is 7.16. The molecular weight excluding hydrogens is 442 g/mol. The molecular formula is C28H27N3O2S. The Hall–Kier alpha value is -3.32. The van der Waals surface area contributed by atoms with E-state index in [9.17, 15) is 4.79 Å². The van der Waals surface area contributed by atoms with E-state index < -0.39 is 5.92 Å². The fourth-order valence-corrected chi connectivity index (χ4v) is 5.29. The first-order valence-corrected chi connectivity index (χ1v) is 12.4. The Bertz CT molecular complexity index is 1170. The summed E-state index contributed by atoms with van der Waals surface area (Å²) in [6, 6.07) is 30.0. The molecule has 1 amide bonds. The summed E-state index contributed by atoms with van der Waals surface area (Å²) in [6.07, 6.45) is 0. The quantitative estimate of drug-likeness (QED) is 0.393. The molecule has 1 aliphatic rings. The van der Waals surface area contributed by atoms with Crippen molar-refractivity contribution in [2.45, 2.75) is 12.5 Å². The molecule has 0 radical (unpaired) electrons. The average molecular weight is 470 g/mol. The van der Waals surface area contributed by atoms with Crippen LogP contribution in [0.2, 0.25) is 0 Å². The topological polar surface area (TPSA) is 54.5 Å². The molecule has 0 unspecified atom stereocenters. The summed E-state index contributed by atoms with van der Waals surface area (Å²) in [5.74, 6) is -0.488. The van der Waals surface area contributed by atoms with Gasteiger partial charge in [-0.2, -0.15) is 0 Å². The number of nitrogens with one attached hydrogen (secondary N) is 1. The summed E-state index contributed by atoms with van der Waals surface area (Å²) in [7, 11) is 0. The fraction of sp³-hybridized carbons (Fsp3) is 0.214. The lowest BCUT2D eigenvalue weighted by molar-refractivity contribution is -0.116. The highest BCUT2D eigenvalue weighted by atomic mass is 32.1. The second kappa shape index (κ2) is 10.7. The van der Waals surface area contributed by atoms with Crippen LogP contribution in [0.1, 0.15) is 21.9 Å². The smallest absolute Gasteiger partial charge is 0.238 e. The Labute approximate surface area is 204 Å². The zero-order valence-electron chi connectivity index (χ0n) is 18.9. The zero-order valence-corrected chi connectivity index (χ0v) is 19.7. The van der Waals surface area contributed by atoms with Gasteiger partial charge >= 0.3 is 0 Å². The number of morpholine rings is 1. The Morgan fingerprint density at radius 2 is 1.44 bits per heavy atom. The number of hydrogen-bond donors (Lipinski definition) is 1. The van der Waals surface area contributed by atoms with Crippen LogP contribution in [-0.4, -0.2) is 42.1 Å². The van der Waals surface area contributed by atoms with Crippen LogP contribution >= 0.6 is 11.3 Å². The first-order valence-electron chi connectivity index (χ1n) is 11.5. The summed E-state index contributed by atoms with van der Waals surface area (Å²) in [5.41, 5.74) is 3.91. The van der Waals surface area contributed by atoms with Gasteiger partial charge in [0.15, 0.2) is 5.13 Å². The lowest BCUT2D eigenvalue weighted by Crippen LogP contribution is -2.35. The first-order chi connectivity index (χ1) is 16.8. The second-order valence-electron chi connectivity index (χ2n) is 8.29.